The number of halogens is 8. The van der Waals surface area contributed by atoms with E-state index in [1.807, 2.05) is 27.7 Å². The quantitative estimate of drug-likeness (QED) is 0.154. The van der Waals surface area contributed by atoms with Crippen molar-refractivity contribution in [2.45, 2.75) is 38.5 Å². The number of hydrogen-bond acceptors (Lipinski definition) is 5. The van der Waals surface area contributed by atoms with E-state index in [-0.39, 0.29) is 63.2 Å². The molecule has 4 rings (SSSR count). The van der Waals surface area contributed by atoms with E-state index in [0.29, 0.717) is 22.3 Å². The summed E-state index contributed by atoms with van der Waals surface area (Å²) >= 11 is 50.4. The molecule has 240 valence electrons. The summed E-state index contributed by atoms with van der Waals surface area (Å²) in [5.74, 6) is -1.14. The Morgan fingerprint density at radius 1 is 0.489 bits per heavy atom. The second kappa shape index (κ2) is 13.2. The van der Waals surface area contributed by atoms with E-state index in [4.69, 9.17) is 102 Å². The number of phenolic OH excluding ortho intramolecular Hbond substituents is 2. The minimum absolute atomic E-state index is 0.0594. The van der Waals surface area contributed by atoms with Gasteiger partial charge in [-0.25, -0.2) is 4.57 Å². The highest BCUT2D eigenvalue weighted by Gasteiger charge is 2.34. The van der Waals surface area contributed by atoms with Gasteiger partial charge in [-0.2, -0.15) is 0 Å². The van der Waals surface area contributed by atoms with Crippen molar-refractivity contribution in [2.75, 3.05) is 0 Å². The molecule has 4 aromatic rings. The van der Waals surface area contributed by atoms with Gasteiger partial charge in [0.25, 0.3) is 0 Å². The molecule has 0 atom stereocenters. The lowest BCUT2D eigenvalue weighted by Gasteiger charge is -2.28. The third kappa shape index (κ3) is 7.52. The van der Waals surface area contributed by atoms with E-state index in [1.54, 1.807) is 24.3 Å². The molecule has 0 saturated heterocycles. The summed E-state index contributed by atoms with van der Waals surface area (Å²) in [4.78, 5) is 10.7. The summed E-state index contributed by atoms with van der Waals surface area (Å²) in [5, 5.41) is 19.7. The van der Waals surface area contributed by atoms with Crippen molar-refractivity contribution in [3.05, 3.63) is 111 Å². The molecule has 0 saturated carbocycles. The number of rotatable bonds is 8. The Balaban J connectivity index is 1.62. The number of phenols is 2. The largest absolute Gasteiger partial charge is 0.585 e. The predicted octanol–water partition coefficient (Wildman–Crippen LogP) is 12.5. The van der Waals surface area contributed by atoms with Crippen molar-refractivity contribution < 1.29 is 28.7 Å². The summed E-state index contributed by atoms with van der Waals surface area (Å²) in [5.41, 5.74) is 0.882. The fourth-order valence-corrected chi connectivity index (χ4v) is 7.66. The van der Waals surface area contributed by atoms with Crippen LogP contribution >= 0.6 is 101 Å². The van der Waals surface area contributed by atoms with Crippen molar-refractivity contribution in [3.63, 3.8) is 0 Å². The number of hydrogen-bond donors (Lipinski definition) is 3. The molecule has 0 aliphatic carbocycles. The van der Waals surface area contributed by atoms with E-state index in [1.165, 1.54) is 24.3 Å². The van der Waals surface area contributed by atoms with Crippen molar-refractivity contribution >= 4 is 101 Å². The van der Waals surface area contributed by atoms with Gasteiger partial charge in [0.05, 0.1) is 40.2 Å². The smallest absolute Gasteiger partial charge is 0.505 e. The second-order valence-electron chi connectivity index (χ2n) is 11.0. The van der Waals surface area contributed by atoms with E-state index < -0.39 is 18.7 Å². The summed E-state index contributed by atoms with van der Waals surface area (Å²) in [6.07, 6.45) is 0. The predicted molar refractivity (Wildman–Crippen MR) is 185 cm³/mol. The molecule has 0 aliphatic rings. The summed E-state index contributed by atoms with van der Waals surface area (Å²) in [6.45, 7) is 7.37. The van der Waals surface area contributed by atoms with Gasteiger partial charge in [-0.15, -0.1) is 0 Å². The molecule has 45 heavy (non-hydrogen) atoms. The first-order valence-corrected chi connectivity index (χ1v) is 17.3. The molecule has 0 heterocycles. The zero-order valence-electron chi connectivity index (χ0n) is 23.7. The topological polar surface area (TPSA) is 96.2 Å². The molecule has 3 N–H and O–H groups in total. The fraction of sp³-hybridized carbons (Fsp3) is 0.200. The standard InChI is InChI=1S/C30H23Cl8O6P/c1-29(2,13-5-17(31)25(39)18(32)6-13)15-9-21(35)27(22(36)10-15)43-45(41,42)44-28-23(37)11-16(12-24(28)38)30(3,4)14-7-19(33)26(40)20(34)8-14/h5-12,39-40H,1-4H3,(H,41,42). The Labute approximate surface area is 299 Å². The molecule has 6 nitrogen and oxygen atoms in total. The van der Waals surface area contributed by atoms with Crippen LogP contribution in [0.4, 0.5) is 0 Å². The summed E-state index contributed by atoms with van der Waals surface area (Å²) in [7, 11) is -4.97. The van der Waals surface area contributed by atoms with Crippen LogP contribution in [0.3, 0.4) is 0 Å². The van der Waals surface area contributed by atoms with Gasteiger partial charge in [-0.05, 0) is 70.8 Å². The Morgan fingerprint density at radius 2 is 0.689 bits per heavy atom. The van der Waals surface area contributed by atoms with Crippen LogP contribution in [0.15, 0.2) is 48.5 Å². The maximum atomic E-state index is 13.2. The van der Waals surface area contributed by atoms with Crippen LogP contribution in [-0.4, -0.2) is 15.1 Å². The first-order valence-electron chi connectivity index (χ1n) is 12.7. The second-order valence-corrected chi connectivity index (χ2v) is 15.6. The molecule has 0 radical (unpaired) electrons. The van der Waals surface area contributed by atoms with Gasteiger partial charge in [0, 0.05) is 10.8 Å². The monoisotopic (exact) mass is 790 g/mol. The Bertz CT molecular complexity index is 1650. The third-order valence-electron chi connectivity index (χ3n) is 7.33. The van der Waals surface area contributed by atoms with Crippen molar-refractivity contribution in [1.82, 2.24) is 0 Å². The zero-order chi connectivity index (χ0) is 33.8. The number of phosphoric acid groups is 1. The maximum absolute atomic E-state index is 13.2. The normalized spacial score (nSPS) is 12.4. The molecule has 4 aromatic carbocycles. The van der Waals surface area contributed by atoms with E-state index >= 15 is 0 Å². The van der Waals surface area contributed by atoms with Crippen LogP contribution in [0.1, 0.15) is 49.9 Å². The molecule has 0 unspecified atom stereocenters. The zero-order valence-corrected chi connectivity index (χ0v) is 30.6. The van der Waals surface area contributed by atoms with Crippen LogP contribution in [0.5, 0.6) is 23.0 Å². The molecule has 0 bridgehead atoms. The van der Waals surface area contributed by atoms with Crippen LogP contribution in [0, 0.1) is 0 Å². The van der Waals surface area contributed by atoms with Gasteiger partial charge in [-0.3, -0.25) is 4.89 Å². The van der Waals surface area contributed by atoms with Crippen LogP contribution in [-0.2, 0) is 15.4 Å². The molecule has 15 heteroatoms. The van der Waals surface area contributed by atoms with E-state index in [2.05, 4.69) is 0 Å². The van der Waals surface area contributed by atoms with Crippen LogP contribution < -0.4 is 9.05 Å². The molecule has 0 amide bonds. The average Bonchev–Trinajstić information content (AvgIpc) is 2.93. The van der Waals surface area contributed by atoms with Gasteiger partial charge < -0.3 is 19.3 Å². The molecular formula is C30H23Cl8O6P. The molecule has 0 fully saturated rings. The van der Waals surface area contributed by atoms with E-state index in [0.717, 1.165) is 0 Å². The van der Waals surface area contributed by atoms with Crippen LogP contribution in [0.25, 0.3) is 0 Å². The Hall–Kier alpha value is -1.41. The maximum Gasteiger partial charge on any atom is 0.585 e. The minimum Gasteiger partial charge on any atom is -0.505 e. The number of aromatic hydroxyl groups is 2. The van der Waals surface area contributed by atoms with Crippen molar-refractivity contribution in [2.24, 2.45) is 0 Å². The lowest BCUT2D eigenvalue weighted by Crippen LogP contribution is -2.19. The highest BCUT2D eigenvalue weighted by Crippen LogP contribution is 2.53. The van der Waals surface area contributed by atoms with Crippen molar-refractivity contribution in [1.29, 1.82) is 0 Å². The fourth-order valence-electron chi connectivity index (χ4n) is 4.45. The van der Waals surface area contributed by atoms with Gasteiger partial charge in [0.15, 0.2) is 23.0 Å². The van der Waals surface area contributed by atoms with E-state index in [9.17, 15) is 19.7 Å². The van der Waals surface area contributed by atoms with Crippen molar-refractivity contribution in [3.8, 4) is 23.0 Å². The number of phosphoric ester groups is 1. The summed E-state index contributed by atoms with van der Waals surface area (Å²) in [6, 6.07) is 12.2. The molecule has 0 spiro atoms. The Morgan fingerprint density at radius 3 is 0.911 bits per heavy atom. The molecular weight excluding hydrogens is 771 g/mol. The van der Waals surface area contributed by atoms with Gasteiger partial charge >= 0.3 is 7.82 Å². The SMILES string of the molecule is CC(C)(c1cc(Cl)c(O)c(Cl)c1)c1cc(Cl)c(OP(=O)(O)Oc2c(Cl)cc(C(C)(C)c3cc(Cl)c(O)c(Cl)c3)cc2Cl)c(Cl)c1. The average molecular weight is 794 g/mol. The van der Waals surface area contributed by atoms with Gasteiger partial charge in [-0.1, -0.05) is 121 Å². The Kier molecular flexibility index (Phi) is 10.7. The van der Waals surface area contributed by atoms with Gasteiger partial charge in [0.2, 0.25) is 0 Å². The highest BCUT2D eigenvalue weighted by atomic mass is 35.5. The highest BCUT2D eigenvalue weighted by molar-refractivity contribution is 7.48. The third-order valence-corrected chi connectivity index (χ3v) is 10.4. The number of benzene rings is 4. The molecule has 0 aliphatic heterocycles. The lowest BCUT2D eigenvalue weighted by atomic mass is 9.78. The van der Waals surface area contributed by atoms with Crippen LogP contribution in [0.2, 0.25) is 40.2 Å². The first-order chi connectivity index (χ1) is 20.7. The lowest BCUT2D eigenvalue weighted by molar-refractivity contribution is 0.291. The summed E-state index contributed by atoms with van der Waals surface area (Å²) < 4.78 is 23.7. The first kappa shape index (κ1) is 36.4. The molecule has 0 aromatic heterocycles. The minimum atomic E-state index is -4.97. The van der Waals surface area contributed by atoms with Gasteiger partial charge in [0.1, 0.15) is 0 Å².